The zero-order chi connectivity index (χ0) is 14.5. The number of carbonyl (C=O) groups excluding carboxylic acids is 1. The lowest BCUT2D eigenvalue weighted by atomic mass is 10.2. The first kappa shape index (κ1) is 15.6. The molecule has 0 aliphatic rings. The number of amides is 1. The van der Waals surface area contributed by atoms with E-state index >= 15 is 0 Å². The zero-order valence-corrected chi connectivity index (χ0v) is 10.4. The lowest BCUT2D eigenvalue weighted by Crippen LogP contribution is -2.36. The van der Waals surface area contributed by atoms with Crippen molar-refractivity contribution in [1.82, 2.24) is 5.32 Å². The molecule has 1 aromatic carbocycles. The van der Waals surface area contributed by atoms with E-state index in [0.717, 1.165) is 0 Å². The summed E-state index contributed by atoms with van der Waals surface area (Å²) in [4.78, 5) is 11.1. The normalized spacial score (nSPS) is 11.2. The Balaban J connectivity index is 2.50. The van der Waals surface area contributed by atoms with Crippen LogP contribution in [0.2, 0.25) is 5.02 Å². The van der Waals surface area contributed by atoms with Gasteiger partial charge in [0.05, 0.1) is 6.61 Å². The molecule has 106 valence electrons. The van der Waals surface area contributed by atoms with Gasteiger partial charge >= 0.3 is 6.18 Å². The quantitative estimate of drug-likeness (QED) is 0.872. The number of aliphatic hydroxyl groups is 1. The Hall–Kier alpha value is -1.47. The molecule has 1 rings (SSSR count). The minimum Gasteiger partial charge on any atom is -0.483 e. The molecular weight excluding hydrogens is 287 g/mol. The molecule has 0 saturated carbocycles. The lowest BCUT2D eigenvalue weighted by molar-refractivity contribution is -0.139. The van der Waals surface area contributed by atoms with Crippen LogP contribution >= 0.6 is 11.6 Å². The average molecular weight is 298 g/mol. The van der Waals surface area contributed by atoms with Crippen LogP contribution in [0.4, 0.5) is 13.2 Å². The average Bonchev–Trinajstić information content (AvgIpc) is 2.33. The van der Waals surface area contributed by atoms with Crippen molar-refractivity contribution in [3.05, 3.63) is 28.8 Å². The Morgan fingerprint density at radius 1 is 1.42 bits per heavy atom. The van der Waals surface area contributed by atoms with E-state index in [4.69, 9.17) is 21.4 Å². The number of nitrogens with one attached hydrogen (secondary N) is 1. The molecule has 0 fully saturated rings. The third-order valence-corrected chi connectivity index (χ3v) is 2.27. The molecule has 4 nitrogen and oxygen atoms in total. The van der Waals surface area contributed by atoms with Gasteiger partial charge in [0.1, 0.15) is 12.3 Å². The SMILES string of the molecule is O=C(COc1ccc(Cl)cc1CO)NCC(F)(F)F. The fraction of sp³-hybridized carbons (Fsp3) is 0.364. The van der Waals surface area contributed by atoms with Gasteiger partial charge in [-0.3, -0.25) is 4.79 Å². The van der Waals surface area contributed by atoms with Gasteiger partial charge in [-0.15, -0.1) is 0 Å². The van der Waals surface area contributed by atoms with Crippen LogP contribution in [0.15, 0.2) is 18.2 Å². The fourth-order valence-electron chi connectivity index (χ4n) is 1.21. The highest BCUT2D eigenvalue weighted by Crippen LogP contribution is 2.22. The van der Waals surface area contributed by atoms with Crippen molar-refractivity contribution >= 4 is 17.5 Å². The van der Waals surface area contributed by atoms with Crippen molar-refractivity contribution in [3.8, 4) is 5.75 Å². The number of benzene rings is 1. The molecule has 0 unspecified atom stereocenters. The van der Waals surface area contributed by atoms with Crippen LogP contribution in [-0.2, 0) is 11.4 Å². The standard InChI is InChI=1S/C11H11ClF3NO3/c12-8-1-2-9(7(3-8)4-17)19-5-10(18)16-6-11(13,14)15/h1-3,17H,4-6H2,(H,16,18). The van der Waals surface area contributed by atoms with E-state index in [2.05, 4.69) is 0 Å². The van der Waals surface area contributed by atoms with Crippen LogP contribution in [0.1, 0.15) is 5.56 Å². The molecular formula is C11H11ClF3NO3. The molecule has 1 amide bonds. The van der Waals surface area contributed by atoms with E-state index in [0.29, 0.717) is 10.6 Å². The van der Waals surface area contributed by atoms with Crippen LogP contribution in [-0.4, -0.2) is 30.3 Å². The van der Waals surface area contributed by atoms with Gasteiger partial charge in [-0.25, -0.2) is 0 Å². The molecule has 0 saturated heterocycles. The second-order valence-electron chi connectivity index (χ2n) is 3.59. The molecule has 0 heterocycles. The van der Waals surface area contributed by atoms with Gasteiger partial charge in [-0.1, -0.05) is 11.6 Å². The minimum atomic E-state index is -4.47. The minimum absolute atomic E-state index is 0.189. The summed E-state index contributed by atoms with van der Waals surface area (Å²) < 4.78 is 40.5. The van der Waals surface area contributed by atoms with Gasteiger partial charge in [-0.2, -0.15) is 13.2 Å². The van der Waals surface area contributed by atoms with Gasteiger partial charge < -0.3 is 15.2 Å². The van der Waals surface area contributed by atoms with Gasteiger partial charge in [-0.05, 0) is 18.2 Å². The Bertz CT molecular complexity index is 451. The van der Waals surface area contributed by atoms with E-state index in [1.165, 1.54) is 18.2 Å². The topological polar surface area (TPSA) is 58.6 Å². The molecule has 8 heteroatoms. The number of halogens is 4. The van der Waals surface area contributed by atoms with Crippen molar-refractivity contribution < 1.29 is 27.8 Å². The summed E-state index contributed by atoms with van der Waals surface area (Å²) in [5, 5.41) is 11.1. The van der Waals surface area contributed by atoms with Crippen LogP contribution in [0.5, 0.6) is 5.75 Å². The molecule has 0 radical (unpaired) electrons. The van der Waals surface area contributed by atoms with Crippen LogP contribution in [0, 0.1) is 0 Å². The second kappa shape index (κ2) is 6.63. The van der Waals surface area contributed by atoms with Crippen LogP contribution in [0.3, 0.4) is 0 Å². The molecule has 0 spiro atoms. The van der Waals surface area contributed by atoms with Gasteiger partial charge in [0.2, 0.25) is 0 Å². The Morgan fingerprint density at radius 2 is 2.11 bits per heavy atom. The first-order chi connectivity index (χ1) is 8.81. The molecule has 0 bridgehead atoms. The fourth-order valence-corrected chi connectivity index (χ4v) is 1.40. The first-order valence-corrected chi connectivity index (χ1v) is 5.55. The monoisotopic (exact) mass is 297 g/mol. The number of carbonyl (C=O) groups is 1. The Morgan fingerprint density at radius 3 is 2.68 bits per heavy atom. The highest BCUT2D eigenvalue weighted by Gasteiger charge is 2.27. The Kier molecular flexibility index (Phi) is 5.44. The molecule has 2 N–H and O–H groups in total. The summed E-state index contributed by atoms with van der Waals surface area (Å²) in [5.74, 6) is -0.717. The molecule has 0 aromatic heterocycles. The maximum absolute atomic E-state index is 11.8. The summed E-state index contributed by atoms with van der Waals surface area (Å²) in [6, 6.07) is 4.33. The van der Waals surface area contributed by atoms with E-state index in [-0.39, 0.29) is 12.4 Å². The number of aliphatic hydroxyl groups excluding tert-OH is 1. The number of hydrogen-bond acceptors (Lipinski definition) is 3. The maximum atomic E-state index is 11.8. The summed E-state index contributed by atoms with van der Waals surface area (Å²) in [5.41, 5.74) is 0.344. The van der Waals surface area contributed by atoms with E-state index in [9.17, 15) is 18.0 Å². The second-order valence-corrected chi connectivity index (χ2v) is 4.03. The summed E-state index contributed by atoms with van der Waals surface area (Å²) in [7, 11) is 0. The van der Waals surface area contributed by atoms with Crippen molar-refractivity contribution in [3.63, 3.8) is 0 Å². The van der Waals surface area contributed by atoms with Gasteiger partial charge in [0.15, 0.2) is 6.61 Å². The lowest BCUT2D eigenvalue weighted by Gasteiger charge is -2.11. The predicted octanol–water partition coefficient (Wildman–Crippen LogP) is 1.89. The number of ether oxygens (including phenoxy) is 1. The van der Waals surface area contributed by atoms with Crippen molar-refractivity contribution in [2.24, 2.45) is 0 Å². The van der Waals surface area contributed by atoms with E-state index in [1.54, 1.807) is 5.32 Å². The highest BCUT2D eigenvalue weighted by atomic mass is 35.5. The summed E-state index contributed by atoms with van der Waals surface area (Å²) in [6.07, 6.45) is -4.47. The number of hydrogen-bond donors (Lipinski definition) is 2. The van der Waals surface area contributed by atoms with E-state index < -0.39 is 25.2 Å². The zero-order valence-electron chi connectivity index (χ0n) is 9.63. The molecule has 0 aliphatic heterocycles. The summed E-state index contributed by atoms with van der Waals surface area (Å²) in [6.45, 7) is -2.35. The third-order valence-electron chi connectivity index (χ3n) is 2.04. The van der Waals surface area contributed by atoms with Crippen molar-refractivity contribution in [1.29, 1.82) is 0 Å². The smallest absolute Gasteiger partial charge is 0.405 e. The molecule has 19 heavy (non-hydrogen) atoms. The van der Waals surface area contributed by atoms with E-state index in [1.807, 2.05) is 0 Å². The Labute approximate surface area is 112 Å². The largest absolute Gasteiger partial charge is 0.483 e. The number of alkyl halides is 3. The third kappa shape index (κ3) is 5.80. The molecule has 1 aromatic rings. The molecule has 0 aliphatic carbocycles. The predicted molar refractivity (Wildman–Crippen MR) is 61.9 cm³/mol. The molecule has 0 atom stereocenters. The van der Waals surface area contributed by atoms with Crippen molar-refractivity contribution in [2.45, 2.75) is 12.8 Å². The van der Waals surface area contributed by atoms with Gasteiger partial charge in [0, 0.05) is 10.6 Å². The van der Waals surface area contributed by atoms with Gasteiger partial charge in [0.25, 0.3) is 5.91 Å². The first-order valence-electron chi connectivity index (χ1n) is 5.17. The van der Waals surface area contributed by atoms with Crippen LogP contribution < -0.4 is 10.1 Å². The summed E-state index contributed by atoms with van der Waals surface area (Å²) >= 11 is 5.69. The van der Waals surface area contributed by atoms with Crippen molar-refractivity contribution in [2.75, 3.05) is 13.2 Å². The number of rotatable bonds is 5. The maximum Gasteiger partial charge on any atom is 0.405 e. The highest BCUT2D eigenvalue weighted by molar-refractivity contribution is 6.30. The van der Waals surface area contributed by atoms with Crippen LogP contribution in [0.25, 0.3) is 0 Å².